The summed E-state index contributed by atoms with van der Waals surface area (Å²) in [4.78, 5) is 0. The Hall–Kier alpha value is 0.834. The first-order valence-corrected chi connectivity index (χ1v) is 17.7. The van der Waals surface area contributed by atoms with Gasteiger partial charge in [0.15, 0.2) is 14.6 Å². The van der Waals surface area contributed by atoms with Crippen molar-refractivity contribution in [1.82, 2.24) is 0 Å². The van der Waals surface area contributed by atoms with Crippen LogP contribution in [0, 0.1) is 5.92 Å². The number of ether oxygens (including phenoxy) is 1. The van der Waals surface area contributed by atoms with Crippen molar-refractivity contribution in [2.75, 3.05) is 0 Å². The highest BCUT2D eigenvalue weighted by Gasteiger charge is 2.54. The Kier molecular flexibility index (Phi) is 6.80. The van der Waals surface area contributed by atoms with E-state index in [4.69, 9.17) is 9.16 Å². The van der Waals surface area contributed by atoms with Crippen molar-refractivity contribution >= 4 is 32.3 Å². The minimum absolute atomic E-state index is 0.00903. The van der Waals surface area contributed by atoms with Gasteiger partial charge in [-0.05, 0) is 49.4 Å². The van der Waals surface area contributed by atoms with Gasteiger partial charge in [-0.1, -0.05) is 75.6 Å². The summed E-state index contributed by atoms with van der Waals surface area (Å²) in [6, 6.07) is 1.22. The lowest BCUT2D eigenvalue weighted by Gasteiger charge is -2.42. The van der Waals surface area contributed by atoms with Crippen LogP contribution in [0.2, 0.25) is 43.8 Å². The van der Waals surface area contributed by atoms with Crippen molar-refractivity contribution in [3.05, 3.63) is 0 Å². The summed E-state index contributed by atoms with van der Waals surface area (Å²) in [5.74, 6) is 0.736. The van der Waals surface area contributed by atoms with E-state index in [0.29, 0.717) is 6.10 Å². The van der Waals surface area contributed by atoms with E-state index in [1.54, 1.807) is 0 Å². The largest absolute Gasteiger partial charge is 0.391 e. The van der Waals surface area contributed by atoms with Crippen LogP contribution >= 0.6 is 15.9 Å². The SMILES string of the molecule is CC(C)(C)[Si](C)(C)O[C@@H]1OC(C2CCCCC2)C[C@]1(Br)C[Si](C)(C)C. The zero-order valence-corrected chi connectivity index (χ0v) is 21.5. The van der Waals surface area contributed by atoms with Crippen LogP contribution in [-0.4, -0.2) is 33.1 Å². The maximum absolute atomic E-state index is 6.84. The second-order valence-electron chi connectivity index (χ2n) is 11.3. The minimum atomic E-state index is -1.85. The summed E-state index contributed by atoms with van der Waals surface area (Å²) >= 11 is 4.18. The fourth-order valence-electron chi connectivity index (χ4n) is 4.16. The van der Waals surface area contributed by atoms with E-state index >= 15 is 0 Å². The van der Waals surface area contributed by atoms with Gasteiger partial charge < -0.3 is 9.16 Å². The smallest absolute Gasteiger partial charge is 0.195 e. The molecule has 0 amide bonds. The summed E-state index contributed by atoms with van der Waals surface area (Å²) < 4.78 is 13.5. The van der Waals surface area contributed by atoms with Crippen LogP contribution in [-0.2, 0) is 9.16 Å². The highest BCUT2D eigenvalue weighted by atomic mass is 79.9. The molecule has 2 fully saturated rings. The summed E-state index contributed by atoms with van der Waals surface area (Å²) in [6.07, 6.45) is 8.27. The topological polar surface area (TPSA) is 18.5 Å². The van der Waals surface area contributed by atoms with Gasteiger partial charge in [-0.15, -0.1) is 0 Å². The Labute approximate surface area is 167 Å². The average Bonchev–Trinajstić information content (AvgIpc) is 2.72. The molecule has 1 unspecified atom stereocenters. The molecule has 1 aliphatic carbocycles. The van der Waals surface area contributed by atoms with Gasteiger partial charge in [0.25, 0.3) is 0 Å². The molecule has 2 nitrogen and oxygen atoms in total. The molecule has 1 aliphatic heterocycles. The van der Waals surface area contributed by atoms with Crippen LogP contribution in [0.5, 0.6) is 0 Å². The first kappa shape index (κ1) is 22.1. The van der Waals surface area contributed by atoms with E-state index in [1.165, 1.54) is 38.1 Å². The van der Waals surface area contributed by atoms with E-state index in [9.17, 15) is 0 Å². The third kappa shape index (κ3) is 5.66. The lowest BCUT2D eigenvalue weighted by atomic mass is 9.83. The zero-order valence-electron chi connectivity index (χ0n) is 17.9. The number of halogens is 1. The monoisotopic (exact) mass is 448 g/mol. The molecule has 1 heterocycles. The fraction of sp³-hybridized carbons (Fsp3) is 1.00. The molecule has 5 heteroatoms. The minimum Gasteiger partial charge on any atom is -0.391 e. The number of alkyl halides is 1. The van der Waals surface area contributed by atoms with E-state index in [1.807, 2.05) is 0 Å². The van der Waals surface area contributed by atoms with Crippen molar-refractivity contribution in [1.29, 1.82) is 0 Å². The van der Waals surface area contributed by atoms with Crippen LogP contribution < -0.4 is 0 Å². The lowest BCUT2D eigenvalue weighted by Crippen LogP contribution is -2.50. The van der Waals surface area contributed by atoms with Gasteiger partial charge in [0.05, 0.1) is 10.4 Å². The first-order chi connectivity index (χ1) is 11.2. The molecule has 0 spiro atoms. The Morgan fingerprint density at radius 2 is 1.60 bits per heavy atom. The van der Waals surface area contributed by atoms with E-state index in [-0.39, 0.29) is 15.7 Å². The van der Waals surface area contributed by atoms with Crippen LogP contribution in [0.1, 0.15) is 59.3 Å². The first-order valence-electron chi connectivity index (χ1n) is 10.3. The van der Waals surface area contributed by atoms with Crippen molar-refractivity contribution < 1.29 is 9.16 Å². The van der Waals surface area contributed by atoms with Crippen LogP contribution in [0.4, 0.5) is 0 Å². The van der Waals surface area contributed by atoms with Gasteiger partial charge in [-0.2, -0.15) is 0 Å². The van der Waals surface area contributed by atoms with Crippen LogP contribution in [0.3, 0.4) is 0 Å². The van der Waals surface area contributed by atoms with Crippen LogP contribution in [0.15, 0.2) is 0 Å². The van der Waals surface area contributed by atoms with Gasteiger partial charge in [0.1, 0.15) is 0 Å². The summed E-state index contributed by atoms with van der Waals surface area (Å²) in [5, 5.41) is 0.215. The van der Waals surface area contributed by atoms with Crippen molar-refractivity contribution in [2.45, 2.75) is 120 Å². The average molecular weight is 450 g/mol. The molecule has 0 aromatic carbocycles. The lowest BCUT2D eigenvalue weighted by molar-refractivity contribution is -0.105. The molecular formula is C20H41BrO2Si2. The predicted molar refractivity (Wildman–Crippen MR) is 118 cm³/mol. The molecule has 0 N–H and O–H groups in total. The molecule has 1 saturated carbocycles. The molecule has 3 atom stereocenters. The van der Waals surface area contributed by atoms with Gasteiger partial charge in [0, 0.05) is 8.07 Å². The maximum Gasteiger partial charge on any atom is 0.195 e. The van der Waals surface area contributed by atoms with Gasteiger partial charge >= 0.3 is 0 Å². The summed E-state index contributed by atoms with van der Waals surface area (Å²) in [6.45, 7) is 19.1. The number of hydrogen-bond donors (Lipinski definition) is 0. The molecule has 0 aromatic rings. The number of hydrogen-bond acceptors (Lipinski definition) is 2. The Morgan fingerprint density at radius 3 is 2.08 bits per heavy atom. The summed E-state index contributed by atoms with van der Waals surface area (Å²) in [7, 11) is -3.08. The zero-order chi connectivity index (χ0) is 19.1. The Morgan fingerprint density at radius 1 is 1.04 bits per heavy atom. The van der Waals surface area contributed by atoms with Crippen molar-refractivity contribution in [3.8, 4) is 0 Å². The quantitative estimate of drug-likeness (QED) is 0.327. The molecule has 0 aromatic heterocycles. The molecule has 25 heavy (non-hydrogen) atoms. The van der Waals surface area contributed by atoms with E-state index < -0.39 is 16.4 Å². The third-order valence-electron chi connectivity index (χ3n) is 6.47. The van der Waals surface area contributed by atoms with Crippen molar-refractivity contribution in [3.63, 3.8) is 0 Å². The molecular weight excluding hydrogens is 408 g/mol. The normalized spacial score (nSPS) is 33.0. The fourth-order valence-corrected chi connectivity index (χ4v) is 10.6. The standard InChI is InChI=1S/C20H41BrO2Si2/c1-19(2,3)25(7,8)23-18-20(21,15-24(4,5)6)14-17(22-18)16-12-10-9-11-13-16/h16-18H,9-15H2,1-8H3/t17?,18-,20-/m0/s1. The maximum atomic E-state index is 6.84. The predicted octanol–water partition coefficient (Wildman–Crippen LogP) is 7.18. The number of rotatable bonds is 5. The molecule has 0 radical (unpaired) electrons. The van der Waals surface area contributed by atoms with E-state index in [0.717, 1.165) is 12.3 Å². The second kappa shape index (κ2) is 7.69. The summed E-state index contributed by atoms with van der Waals surface area (Å²) in [5.41, 5.74) is 0. The van der Waals surface area contributed by atoms with Gasteiger partial charge in [-0.25, -0.2) is 0 Å². The highest BCUT2D eigenvalue weighted by Crippen LogP contribution is 2.50. The third-order valence-corrected chi connectivity index (χ3v) is 14.1. The van der Waals surface area contributed by atoms with Crippen molar-refractivity contribution in [2.24, 2.45) is 5.92 Å². The van der Waals surface area contributed by atoms with E-state index in [2.05, 4.69) is 69.4 Å². The molecule has 1 saturated heterocycles. The van der Waals surface area contributed by atoms with Gasteiger partial charge in [0.2, 0.25) is 0 Å². The molecule has 148 valence electrons. The molecule has 2 aliphatic rings. The van der Waals surface area contributed by atoms with Crippen LogP contribution in [0.25, 0.3) is 0 Å². The second-order valence-corrected chi connectivity index (χ2v) is 23.1. The Balaban J connectivity index is 2.20. The highest BCUT2D eigenvalue weighted by molar-refractivity contribution is 9.10. The van der Waals surface area contributed by atoms with Gasteiger partial charge in [-0.3, -0.25) is 0 Å². The molecule has 2 rings (SSSR count). The Bertz CT molecular complexity index is 450. The molecule has 0 bridgehead atoms.